The van der Waals surface area contributed by atoms with Crippen molar-refractivity contribution in [3.05, 3.63) is 34.6 Å². The van der Waals surface area contributed by atoms with Crippen LogP contribution in [0.5, 0.6) is 5.75 Å². The Balaban J connectivity index is 1.70. The molecule has 1 N–H and O–H groups in total. The van der Waals surface area contributed by atoms with Gasteiger partial charge in [0.1, 0.15) is 5.69 Å². The number of likely N-dealkylation sites (tertiary alicyclic amines) is 1. The molecule has 4 rings (SSSR count). The Morgan fingerprint density at radius 3 is 2.74 bits per heavy atom. The Hall–Kier alpha value is -2.25. The van der Waals surface area contributed by atoms with E-state index < -0.39 is 0 Å². The maximum absolute atomic E-state index is 15.0. The highest BCUT2D eigenvalue weighted by Gasteiger charge is 2.26. The Kier molecular flexibility index (Phi) is 7.02. The predicted octanol–water partition coefficient (Wildman–Crippen LogP) is 4.35. The first-order chi connectivity index (χ1) is 15.1. The van der Waals surface area contributed by atoms with Gasteiger partial charge in [-0.2, -0.15) is 0 Å². The number of benzene rings is 1. The zero-order chi connectivity index (χ0) is 21.8. The largest absolute Gasteiger partial charge is 0.464 e. The molecule has 1 aliphatic carbocycles. The van der Waals surface area contributed by atoms with Gasteiger partial charge in [-0.25, -0.2) is 4.39 Å². The third kappa shape index (κ3) is 4.83. The first-order valence-electron chi connectivity index (χ1n) is 11.4. The summed E-state index contributed by atoms with van der Waals surface area (Å²) in [6, 6.07) is 4.05. The highest BCUT2D eigenvalue weighted by Crippen LogP contribution is 2.39. The number of aromatic nitrogens is 2. The minimum atomic E-state index is -0.365. The van der Waals surface area contributed by atoms with Crippen LogP contribution in [0.4, 0.5) is 10.2 Å². The van der Waals surface area contributed by atoms with Gasteiger partial charge in [0.2, 0.25) is 0 Å². The van der Waals surface area contributed by atoms with Crippen LogP contribution < -0.4 is 10.1 Å². The molecule has 1 aromatic heterocycles. The lowest BCUT2D eigenvalue weighted by Gasteiger charge is -2.31. The van der Waals surface area contributed by atoms with Crippen molar-refractivity contribution in [2.45, 2.75) is 58.4 Å². The van der Waals surface area contributed by atoms with Crippen LogP contribution in [-0.2, 0) is 17.6 Å². The molecule has 7 heteroatoms. The van der Waals surface area contributed by atoms with E-state index in [2.05, 4.69) is 27.5 Å². The van der Waals surface area contributed by atoms with Crippen LogP contribution in [0.15, 0.2) is 12.1 Å². The topological polar surface area (TPSA) is 59.5 Å². The van der Waals surface area contributed by atoms with Gasteiger partial charge in [-0.3, -0.25) is 0 Å². The Labute approximate surface area is 184 Å². The molecule has 0 radical (unpaired) electrons. The van der Waals surface area contributed by atoms with Crippen LogP contribution in [0, 0.1) is 12.7 Å². The highest BCUT2D eigenvalue weighted by molar-refractivity contribution is 5.73. The monoisotopic (exact) mass is 428 g/mol. The predicted molar refractivity (Wildman–Crippen MR) is 120 cm³/mol. The normalized spacial score (nSPS) is 19.2. The number of nitrogens with one attached hydrogen (secondary N) is 1. The number of anilines is 1. The lowest BCUT2D eigenvalue weighted by Crippen LogP contribution is -2.40. The summed E-state index contributed by atoms with van der Waals surface area (Å²) in [5.74, 6) is 0.726. The lowest BCUT2D eigenvalue weighted by molar-refractivity contribution is 0.0204. The number of nitrogens with zero attached hydrogens (tertiary/aromatic N) is 3. The molecule has 2 heterocycles. The fourth-order valence-electron chi connectivity index (χ4n) is 4.62. The molecule has 0 spiro atoms. The number of ether oxygens (including phenoxy) is 2. The third-order valence-electron chi connectivity index (χ3n) is 6.29. The number of halogens is 1. The number of hydrogen-bond acceptors (Lipinski definition) is 6. The fraction of sp³-hybridized carbons (Fsp3) is 0.583. The van der Waals surface area contributed by atoms with Gasteiger partial charge in [-0.05, 0) is 83.2 Å². The first kappa shape index (κ1) is 22.0. The quantitative estimate of drug-likeness (QED) is 0.523. The van der Waals surface area contributed by atoms with Crippen molar-refractivity contribution in [3.8, 4) is 17.0 Å². The van der Waals surface area contributed by atoms with E-state index in [0.29, 0.717) is 23.8 Å². The van der Waals surface area contributed by atoms with Gasteiger partial charge in [0, 0.05) is 30.3 Å². The van der Waals surface area contributed by atoms with Crippen LogP contribution in [0.3, 0.4) is 0 Å². The molecule has 0 bridgehead atoms. The molecule has 1 fully saturated rings. The molecule has 1 saturated heterocycles. The van der Waals surface area contributed by atoms with Crippen LogP contribution >= 0.6 is 0 Å². The third-order valence-corrected chi connectivity index (χ3v) is 6.29. The molecule has 1 aromatic carbocycles. The zero-order valence-electron chi connectivity index (χ0n) is 18.8. The van der Waals surface area contributed by atoms with E-state index in [0.717, 1.165) is 62.3 Å². The number of rotatable bonds is 7. The fourth-order valence-corrected chi connectivity index (χ4v) is 4.62. The summed E-state index contributed by atoms with van der Waals surface area (Å²) in [7, 11) is 2.16. The van der Waals surface area contributed by atoms with Gasteiger partial charge in [-0.1, -0.05) is 6.07 Å². The minimum absolute atomic E-state index is 0.00826. The standard InChI is InChI=1S/C24H33FN4O2/c1-4-30-15-31-23-20(12-11-16(2)21(23)25)22-18-9-5-6-10-19(18)24(28-27-22)26-17-8-7-13-29(3)14-17/h11-12,17H,4-10,13-15H2,1-3H3,(H,26,28)/t17-/m1/s1. The van der Waals surface area contributed by atoms with Gasteiger partial charge in [0.05, 0.1) is 0 Å². The van der Waals surface area contributed by atoms with E-state index >= 15 is 0 Å². The molecule has 6 nitrogen and oxygen atoms in total. The Morgan fingerprint density at radius 2 is 1.97 bits per heavy atom. The summed E-state index contributed by atoms with van der Waals surface area (Å²) in [6.45, 7) is 6.29. The molecular weight excluding hydrogens is 395 g/mol. The smallest absolute Gasteiger partial charge is 0.189 e. The molecule has 1 atom stereocenters. The van der Waals surface area contributed by atoms with Crippen molar-refractivity contribution in [2.75, 3.05) is 38.9 Å². The number of hydrogen-bond donors (Lipinski definition) is 1. The van der Waals surface area contributed by atoms with E-state index in [1.54, 1.807) is 13.0 Å². The van der Waals surface area contributed by atoms with E-state index in [9.17, 15) is 4.39 Å². The van der Waals surface area contributed by atoms with E-state index in [4.69, 9.17) is 9.47 Å². The molecule has 0 unspecified atom stereocenters. The van der Waals surface area contributed by atoms with Crippen LogP contribution in [-0.4, -0.2) is 54.7 Å². The molecule has 2 aromatic rings. The Morgan fingerprint density at radius 1 is 1.16 bits per heavy atom. The molecule has 168 valence electrons. The number of likely N-dealkylation sites (N-methyl/N-ethyl adjacent to an activating group) is 1. The maximum atomic E-state index is 15.0. The molecule has 1 aliphatic heterocycles. The zero-order valence-corrected chi connectivity index (χ0v) is 18.8. The highest BCUT2D eigenvalue weighted by atomic mass is 19.1. The second-order valence-corrected chi connectivity index (χ2v) is 8.64. The van der Waals surface area contributed by atoms with Crippen molar-refractivity contribution in [1.29, 1.82) is 0 Å². The first-order valence-corrected chi connectivity index (χ1v) is 11.4. The van der Waals surface area contributed by atoms with Gasteiger partial charge in [-0.15, -0.1) is 10.2 Å². The van der Waals surface area contributed by atoms with Gasteiger partial charge >= 0.3 is 0 Å². The summed E-state index contributed by atoms with van der Waals surface area (Å²) >= 11 is 0. The molecule has 0 saturated carbocycles. The number of piperidine rings is 1. The van der Waals surface area contributed by atoms with Crippen LogP contribution in [0.1, 0.15) is 49.3 Å². The van der Waals surface area contributed by atoms with E-state index in [-0.39, 0.29) is 18.4 Å². The summed E-state index contributed by atoms with van der Waals surface area (Å²) < 4.78 is 26.0. The van der Waals surface area contributed by atoms with Crippen molar-refractivity contribution in [2.24, 2.45) is 0 Å². The number of fused-ring (bicyclic) bond motifs is 1. The maximum Gasteiger partial charge on any atom is 0.189 e. The van der Waals surface area contributed by atoms with Crippen molar-refractivity contribution in [1.82, 2.24) is 15.1 Å². The van der Waals surface area contributed by atoms with Crippen molar-refractivity contribution < 1.29 is 13.9 Å². The summed E-state index contributed by atoms with van der Waals surface area (Å²) in [4.78, 5) is 2.35. The SMILES string of the molecule is CCOCOc1c(-c2nnc(N[C@@H]3CCCN(C)C3)c3c2CCCC3)ccc(C)c1F. The molecule has 2 aliphatic rings. The molecule has 0 amide bonds. The van der Waals surface area contributed by atoms with Gasteiger partial charge in [0.15, 0.2) is 24.2 Å². The van der Waals surface area contributed by atoms with Crippen LogP contribution in [0.25, 0.3) is 11.3 Å². The van der Waals surface area contributed by atoms with Gasteiger partial charge in [0.25, 0.3) is 0 Å². The van der Waals surface area contributed by atoms with Crippen molar-refractivity contribution in [3.63, 3.8) is 0 Å². The average Bonchev–Trinajstić information content (AvgIpc) is 2.77. The molecule has 31 heavy (non-hydrogen) atoms. The summed E-state index contributed by atoms with van der Waals surface area (Å²) in [6.07, 6.45) is 6.44. The molecular formula is C24H33FN4O2. The summed E-state index contributed by atoms with van der Waals surface area (Å²) in [5.41, 5.74) is 4.30. The van der Waals surface area contributed by atoms with Crippen molar-refractivity contribution >= 4 is 5.82 Å². The minimum Gasteiger partial charge on any atom is -0.464 e. The summed E-state index contributed by atoms with van der Waals surface area (Å²) in [5, 5.41) is 12.8. The van der Waals surface area contributed by atoms with E-state index in [1.807, 2.05) is 13.0 Å². The number of aryl methyl sites for hydroxylation is 1. The van der Waals surface area contributed by atoms with Crippen LogP contribution in [0.2, 0.25) is 0 Å². The second-order valence-electron chi connectivity index (χ2n) is 8.64. The average molecular weight is 429 g/mol. The lowest BCUT2D eigenvalue weighted by atomic mass is 9.88. The second kappa shape index (κ2) is 9.92. The van der Waals surface area contributed by atoms with Gasteiger partial charge < -0.3 is 19.7 Å². The van der Waals surface area contributed by atoms with E-state index in [1.165, 1.54) is 12.0 Å². The Bertz CT molecular complexity index is 921.